The fourth-order valence-corrected chi connectivity index (χ4v) is 4.68. The van der Waals surface area contributed by atoms with Crippen LogP contribution in [0.5, 0.6) is 0 Å². The highest BCUT2D eigenvalue weighted by atomic mass is 35.5. The Labute approximate surface area is 177 Å². The number of para-hydroxylation sites is 1. The van der Waals surface area contributed by atoms with Crippen molar-refractivity contribution in [3.63, 3.8) is 0 Å². The molecule has 0 aliphatic heterocycles. The molecule has 2 aromatic heterocycles. The van der Waals surface area contributed by atoms with Gasteiger partial charge in [-0.05, 0) is 51.3 Å². The fraction of sp³-hybridized carbons (Fsp3) is 0.333. The summed E-state index contributed by atoms with van der Waals surface area (Å²) in [6.07, 6.45) is 1.07. The van der Waals surface area contributed by atoms with Crippen molar-refractivity contribution in [2.45, 2.75) is 12.8 Å². The number of carbonyl (C=O) groups excluding carboxylic acids is 1. The standard InChI is InChI=1S/C18H19ClFN3OS2.ClH/c1-22(2)9-4-10-23(16(24)11-12-7-8-15(19)25-12)18-21-17-13(20)5-3-6-14(17)26-18;/h3,5-8H,4,9-11H2,1-2H3;1H. The largest absolute Gasteiger partial charge is 0.309 e. The molecule has 4 nitrogen and oxygen atoms in total. The number of rotatable bonds is 7. The van der Waals surface area contributed by atoms with Crippen molar-refractivity contribution >= 4 is 67.9 Å². The van der Waals surface area contributed by atoms with Gasteiger partial charge in [-0.1, -0.05) is 29.0 Å². The van der Waals surface area contributed by atoms with E-state index in [2.05, 4.69) is 9.88 Å². The van der Waals surface area contributed by atoms with Crippen LogP contribution in [0.15, 0.2) is 30.3 Å². The number of carbonyl (C=O) groups is 1. The zero-order valence-corrected chi connectivity index (χ0v) is 18.2. The maximum absolute atomic E-state index is 14.0. The first kappa shape index (κ1) is 22.0. The summed E-state index contributed by atoms with van der Waals surface area (Å²) >= 11 is 8.70. The third-order valence-corrected chi connectivity index (χ3v) is 6.11. The highest BCUT2D eigenvalue weighted by Gasteiger charge is 2.21. The Morgan fingerprint density at radius 1 is 1.19 bits per heavy atom. The van der Waals surface area contributed by atoms with Gasteiger partial charge in [-0.3, -0.25) is 9.69 Å². The molecule has 0 radical (unpaired) electrons. The summed E-state index contributed by atoms with van der Waals surface area (Å²) in [5.41, 5.74) is 0.317. The van der Waals surface area contributed by atoms with E-state index in [0.717, 1.165) is 22.5 Å². The normalized spacial score (nSPS) is 11.0. The summed E-state index contributed by atoms with van der Waals surface area (Å²) in [7, 11) is 3.99. The molecule has 0 spiro atoms. The molecule has 0 atom stereocenters. The van der Waals surface area contributed by atoms with E-state index in [1.54, 1.807) is 17.0 Å². The molecule has 0 unspecified atom stereocenters. The lowest BCUT2D eigenvalue weighted by Gasteiger charge is -2.20. The molecular weight excluding hydrogens is 428 g/mol. The van der Waals surface area contributed by atoms with Crippen molar-refractivity contribution in [2.24, 2.45) is 0 Å². The lowest BCUT2D eigenvalue weighted by molar-refractivity contribution is -0.118. The second-order valence-corrected chi connectivity index (χ2v) is 8.98. The molecule has 2 heterocycles. The second-order valence-electron chi connectivity index (χ2n) is 6.17. The van der Waals surface area contributed by atoms with E-state index in [0.29, 0.717) is 21.5 Å². The summed E-state index contributed by atoms with van der Waals surface area (Å²) in [5, 5.41) is 0.538. The Hall–Kier alpha value is -1.25. The summed E-state index contributed by atoms with van der Waals surface area (Å²) in [6.45, 7) is 1.39. The van der Waals surface area contributed by atoms with Crippen molar-refractivity contribution in [2.75, 3.05) is 32.1 Å². The molecule has 0 N–H and O–H groups in total. The van der Waals surface area contributed by atoms with Crippen LogP contribution in [0, 0.1) is 5.82 Å². The van der Waals surface area contributed by atoms with E-state index in [9.17, 15) is 9.18 Å². The SMILES string of the molecule is CN(C)CCCN(C(=O)Cc1ccc(Cl)s1)c1nc2c(F)cccc2s1.Cl. The minimum Gasteiger partial charge on any atom is -0.309 e. The van der Waals surface area contributed by atoms with Crippen LogP contribution in [0.1, 0.15) is 11.3 Å². The first-order valence-corrected chi connectivity index (χ1v) is 10.2. The minimum atomic E-state index is -0.365. The van der Waals surface area contributed by atoms with E-state index in [1.807, 2.05) is 26.2 Å². The van der Waals surface area contributed by atoms with Gasteiger partial charge in [-0.2, -0.15) is 0 Å². The van der Waals surface area contributed by atoms with Crippen molar-refractivity contribution in [1.82, 2.24) is 9.88 Å². The molecule has 0 bridgehead atoms. The lowest BCUT2D eigenvalue weighted by Crippen LogP contribution is -2.34. The number of hydrogen-bond donors (Lipinski definition) is 0. The van der Waals surface area contributed by atoms with Gasteiger partial charge >= 0.3 is 0 Å². The zero-order valence-electron chi connectivity index (χ0n) is 14.9. The van der Waals surface area contributed by atoms with Crippen LogP contribution < -0.4 is 4.90 Å². The quantitative estimate of drug-likeness (QED) is 0.505. The molecule has 146 valence electrons. The van der Waals surface area contributed by atoms with Gasteiger partial charge < -0.3 is 4.90 Å². The molecule has 27 heavy (non-hydrogen) atoms. The second kappa shape index (κ2) is 9.80. The van der Waals surface area contributed by atoms with E-state index >= 15 is 0 Å². The molecule has 3 aromatic rings. The smallest absolute Gasteiger partial charge is 0.234 e. The highest BCUT2D eigenvalue weighted by Crippen LogP contribution is 2.31. The predicted octanol–water partition coefficient (Wildman–Crippen LogP) is 5.10. The van der Waals surface area contributed by atoms with Gasteiger partial charge in [0.15, 0.2) is 5.13 Å². The van der Waals surface area contributed by atoms with Crippen LogP contribution in [-0.2, 0) is 11.2 Å². The van der Waals surface area contributed by atoms with Crippen molar-refractivity contribution in [3.05, 3.63) is 45.4 Å². The fourth-order valence-electron chi connectivity index (χ4n) is 2.58. The number of fused-ring (bicyclic) bond motifs is 1. The lowest BCUT2D eigenvalue weighted by atomic mass is 10.3. The molecule has 1 aromatic carbocycles. The molecular formula is C18H20Cl2FN3OS2. The number of benzene rings is 1. The van der Waals surface area contributed by atoms with E-state index in [-0.39, 0.29) is 30.6 Å². The van der Waals surface area contributed by atoms with Crippen LogP contribution in [-0.4, -0.2) is 43.0 Å². The van der Waals surface area contributed by atoms with Crippen LogP contribution in [0.3, 0.4) is 0 Å². The van der Waals surface area contributed by atoms with Gasteiger partial charge in [0.25, 0.3) is 0 Å². The van der Waals surface area contributed by atoms with Gasteiger partial charge in [-0.15, -0.1) is 23.7 Å². The molecule has 0 saturated carbocycles. The average Bonchev–Trinajstić information content (AvgIpc) is 3.18. The monoisotopic (exact) mass is 447 g/mol. The Morgan fingerprint density at radius 3 is 2.59 bits per heavy atom. The molecule has 9 heteroatoms. The topological polar surface area (TPSA) is 36.4 Å². The number of thiophene rings is 1. The molecule has 0 fully saturated rings. The number of anilines is 1. The Balaban J connectivity index is 0.00000261. The van der Waals surface area contributed by atoms with Gasteiger partial charge in [0.05, 0.1) is 15.5 Å². The summed E-state index contributed by atoms with van der Waals surface area (Å²) in [5.74, 6) is -0.419. The Kier molecular flexibility index (Phi) is 8.00. The van der Waals surface area contributed by atoms with E-state index in [1.165, 1.54) is 28.7 Å². The molecule has 1 amide bonds. The first-order valence-electron chi connectivity index (χ1n) is 8.18. The van der Waals surface area contributed by atoms with Crippen LogP contribution >= 0.6 is 46.7 Å². The number of thiazole rings is 1. The third-order valence-electron chi connectivity index (χ3n) is 3.83. The Morgan fingerprint density at radius 2 is 1.96 bits per heavy atom. The van der Waals surface area contributed by atoms with Gasteiger partial charge in [0.1, 0.15) is 11.3 Å². The number of nitrogens with zero attached hydrogens (tertiary/aromatic N) is 3. The summed E-state index contributed by atoms with van der Waals surface area (Å²) in [6, 6.07) is 8.52. The minimum absolute atomic E-state index is 0. The van der Waals surface area contributed by atoms with Crippen molar-refractivity contribution in [1.29, 1.82) is 0 Å². The third kappa shape index (κ3) is 5.62. The number of aromatic nitrogens is 1. The number of halogens is 3. The van der Waals surface area contributed by atoms with Crippen molar-refractivity contribution < 1.29 is 9.18 Å². The average molecular weight is 448 g/mol. The van der Waals surface area contributed by atoms with Crippen LogP contribution in [0.2, 0.25) is 4.34 Å². The Bertz CT molecular complexity index is 913. The maximum atomic E-state index is 14.0. The molecule has 0 saturated heterocycles. The van der Waals surface area contributed by atoms with Gasteiger partial charge in [-0.25, -0.2) is 9.37 Å². The summed E-state index contributed by atoms with van der Waals surface area (Å²) < 4.78 is 15.4. The van der Waals surface area contributed by atoms with Crippen LogP contribution in [0.4, 0.5) is 9.52 Å². The number of hydrogen-bond acceptors (Lipinski definition) is 5. The van der Waals surface area contributed by atoms with E-state index in [4.69, 9.17) is 11.6 Å². The number of amides is 1. The van der Waals surface area contributed by atoms with Crippen LogP contribution in [0.25, 0.3) is 10.2 Å². The first-order chi connectivity index (χ1) is 12.4. The predicted molar refractivity (Wildman–Crippen MR) is 115 cm³/mol. The van der Waals surface area contributed by atoms with Crippen molar-refractivity contribution in [3.8, 4) is 0 Å². The van der Waals surface area contributed by atoms with Gasteiger partial charge in [0, 0.05) is 11.4 Å². The zero-order chi connectivity index (χ0) is 18.7. The van der Waals surface area contributed by atoms with Gasteiger partial charge in [0.2, 0.25) is 5.91 Å². The molecule has 0 aliphatic rings. The van der Waals surface area contributed by atoms with E-state index < -0.39 is 0 Å². The molecule has 0 aliphatic carbocycles. The molecule has 3 rings (SSSR count). The highest BCUT2D eigenvalue weighted by molar-refractivity contribution is 7.22. The summed E-state index contributed by atoms with van der Waals surface area (Å²) in [4.78, 5) is 21.9. The maximum Gasteiger partial charge on any atom is 0.234 e.